The summed E-state index contributed by atoms with van der Waals surface area (Å²) in [6.45, 7) is 10.3. The summed E-state index contributed by atoms with van der Waals surface area (Å²) < 4.78 is 5.33. The molecule has 1 aliphatic heterocycles. The molecule has 1 aromatic carbocycles. The molecular weight excluding hydrogens is 238 g/mol. The highest BCUT2D eigenvalue weighted by Gasteiger charge is 2.22. The Labute approximate surface area is 116 Å². The minimum atomic E-state index is 0.243. The highest BCUT2D eigenvalue weighted by atomic mass is 16.5. The number of amides is 1. The van der Waals surface area contributed by atoms with Crippen LogP contribution in [-0.4, -0.2) is 30.6 Å². The second-order valence-corrected chi connectivity index (χ2v) is 4.73. The van der Waals surface area contributed by atoms with Crippen molar-refractivity contribution in [2.45, 2.75) is 46.7 Å². The van der Waals surface area contributed by atoms with Crippen molar-refractivity contribution in [1.82, 2.24) is 4.90 Å². The number of carbonyl (C=O) groups excluding carboxylic acids is 1. The molecule has 1 atom stereocenters. The molecule has 3 heteroatoms. The predicted octanol–water partition coefficient (Wildman–Crippen LogP) is 3.08. The van der Waals surface area contributed by atoms with Crippen LogP contribution in [0.4, 0.5) is 0 Å². The van der Waals surface area contributed by atoms with Gasteiger partial charge in [0.1, 0.15) is 0 Å². The molecule has 0 aliphatic carbocycles. The number of aryl methyl sites for hydroxylation is 2. The van der Waals surface area contributed by atoms with Crippen LogP contribution in [0, 0.1) is 13.8 Å². The van der Waals surface area contributed by atoms with Crippen molar-refractivity contribution in [3.05, 3.63) is 34.9 Å². The minimum Gasteiger partial charge on any atom is -0.379 e. The SMILES string of the molecule is CC.Cc1ccc(C)c(CN(C=O)C2CCOC2)c1. The van der Waals surface area contributed by atoms with Crippen LogP contribution in [0.1, 0.15) is 37.0 Å². The van der Waals surface area contributed by atoms with E-state index >= 15 is 0 Å². The second kappa shape index (κ2) is 7.95. The van der Waals surface area contributed by atoms with E-state index in [9.17, 15) is 4.79 Å². The molecule has 1 unspecified atom stereocenters. The topological polar surface area (TPSA) is 29.5 Å². The minimum absolute atomic E-state index is 0.243. The molecule has 0 bridgehead atoms. The lowest BCUT2D eigenvalue weighted by Gasteiger charge is -2.24. The van der Waals surface area contributed by atoms with Gasteiger partial charge in [-0.1, -0.05) is 37.6 Å². The Bertz CT molecular complexity index is 398. The predicted molar refractivity (Wildman–Crippen MR) is 78.1 cm³/mol. The number of carbonyl (C=O) groups is 1. The maximum Gasteiger partial charge on any atom is 0.210 e. The van der Waals surface area contributed by atoms with Crippen LogP contribution in [0.2, 0.25) is 0 Å². The molecule has 1 amide bonds. The van der Waals surface area contributed by atoms with E-state index in [1.165, 1.54) is 16.7 Å². The van der Waals surface area contributed by atoms with Gasteiger partial charge in [0.25, 0.3) is 0 Å². The molecule has 1 aromatic rings. The Balaban J connectivity index is 0.000000861. The van der Waals surface area contributed by atoms with Crippen LogP contribution in [0.15, 0.2) is 18.2 Å². The number of ether oxygens (including phenoxy) is 1. The average Bonchev–Trinajstić information content (AvgIpc) is 2.96. The summed E-state index contributed by atoms with van der Waals surface area (Å²) in [5.74, 6) is 0. The van der Waals surface area contributed by atoms with Crippen molar-refractivity contribution in [2.75, 3.05) is 13.2 Å². The number of rotatable bonds is 4. The monoisotopic (exact) mass is 263 g/mol. The summed E-state index contributed by atoms with van der Waals surface area (Å²) >= 11 is 0. The Morgan fingerprint density at radius 3 is 2.68 bits per heavy atom. The van der Waals surface area contributed by atoms with Crippen LogP contribution in [0.3, 0.4) is 0 Å². The molecule has 1 fully saturated rings. The zero-order valence-corrected chi connectivity index (χ0v) is 12.5. The molecule has 1 heterocycles. The first-order chi connectivity index (χ1) is 9.20. The maximum absolute atomic E-state index is 11.2. The zero-order valence-electron chi connectivity index (χ0n) is 12.5. The van der Waals surface area contributed by atoms with E-state index in [4.69, 9.17) is 4.74 Å². The van der Waals surface area contributed by atoms with E-state index in [1.54, 1.807) is 0 Å². The summed E-state index contributed by atoms with van der Waals surface area (Å²) in [5, 5.41) is 0. The Morgan fingerprint density at radius 2 is 2.11 bits per heavy atom. The van der Waals surface area contributed by atoms with Crippen molar-refractivity contribution in [3.63, 3.8) is 0 Å². The first kappa shape index (κ1) is 15.7. The first-order valence-corrected chi connectivity index (χ1v) is 7.05. The molecule has 106 valence electrons. The van der Waals surface area contributed by atoms with Crippen LogP contribution >= 0.6 is 0 Å². The van der Waals surface area contributed by atoms with Crippen molar-refractivity contribution in [2.24, 2.45) is 0 Å². The third-order valence-electron chi connectivity index (χ3n) is 3.37. The third kappa shape index (κ3) is 4.35. The molecule has 1 aliphatic rings. The number of hydrogen-bond acceptors (Lipinski definition) is 2. The second-order valence-electron chi connectivity index (χ2n) is 4.73. The van der Waals surface area contributed by atoms with Crippen LogP contribution < -0.4 is 0 Å². The molecule has 19 heavy (non-hydrogen) atoms. The van der Waals surface area contributed by atoms with E-state index in [2.05, 4.69) is 32.0 Å². The summed E-state index contributed by atoms with van der Waals surface area (Å²) in [6, 6.07) is 6.61. The maximum atomic E-state index is 11.2. The van der Waals surface area contributed by atoms with Gasteiger partial charge in [-0.05, 0) is 31.4 Å². The zero-order chi connectivity index (χ0) is 14.3. The summed E-state index contributed by atoms with van der Waals surface area (Å²) in [6.07, 6.45) is 1.89. The van der Waals surface area contributed by atoms with E-state index in [1.807, 2.05) is 18.7 Å². The molecule has 0 saturated carbocycles. The fourth-order valence-corrected chi connectivity index (χ4v) is 2.20. The summed E-state index contributed by atoms with van der Waals surface area (Å²) in [7, 11) is 0. The van der Waals surface area contributed by atoms with E-state index in [0.717, 1.165) is 19.4 Å². The van der Waals surface area contributed by atoms with E-state index in [-0.39, 0.29) is 6.04 Å². The molecule has 0 aromatic heterocycles. The lowest BCUT2D eigenvalue weighted by molar-refractivity contribution is -0.120. The van der Waals surface area contributed by atoms with E-state index < -0.39 is 0 Å². The standard InChI is InChI=1S/C14H19NO2.C2H6/c1-11-3-4-12(2)13(7-11)8-15(10-16)14-5-6-17-9-14;1-2/h3-4,7,10,14H,5-6,8-9H2,1-2H3;1-2H3. The summed E-state index contributed by atoms with van der Waals surface area (Å²) in [4.78, 5) is 13.0. The molecule has 0 spiro atoms. The Hall–Kier alpha value is -1.35. The molecule has 0 radical (unpaired) electrons. The highest BCUT2D eigenvalue weighted by molar-refractivity contribution is 5.49. The fourth-order valence-electron chi connectivity index (χ4n) is 2.20. The number of nitrogens with zero attached hydrogens (tertiary/aromatic N) is 1. The van der Waals surface area contributed by atoms with Gasteiger partial charge in [-0.25, -0.2) is 0 Å². The molecule has 1 saturated heterocycles. The van der Waals surface area contributed by atoms with Crippen molar-refractivity contribution in [1.29, 1.82) is 0 Å². The number of benzene rings is 1. The number of hydrogen-bond donors (Lipinski definition) is 0. The lowest BCUT2D eigenvalue weighted by atomic mass is 10.0. The van der Waals surface area contributed by atoms with Gasteiger partial charge < -0.3 is 9.64 Å². The van der Waals surface area contributed by atoms with Gasteiger partial charge >= 0.3 is 0 Å². The first-order valence-electron chi connectivity index (χ1n) is 7.05. The highest BCUT2D eigenvalue weighted by Crippen LogP contribution is 2.17. The average molecular weight is 263 g/mol. The van der Waals surface area contributed by atoms with Gasteiger partial charge in [0.05, 0.1) is 12.6 Å². The third-order valence-corrected chi connectivity index (χ3v) is 3.37. The van der Waals surface area contributed by atoms with Gasteiger partial charge in [-0.2, -0.15) is 0 Å². The summed E-state index contributed by atoms with van der Waals surface area (Å²) in [5.41, 5.74) is 3.70. The lowest BCUT2D eigenvalue weighted by Crippen LogP contribution is -2.34. The molecular formula is C16H25NO2. The van der Waals surface area contributed by atoms with Gasteiger partial charge in [0.2, 0.25) is 6.41 Å². The largest absolute Gasteiger partial charge is 0.379 e. The quantitative estimate of drug-likeness (QED) is 0.781. The smallest absolute Gasteiger partial charge is 0.210 e. The van der Waals surface area contributed by atoms with Gasteiger partial charge in [-0.3, -0.25) is 4.79 Å². The Morgan fingerprint density at radius 1 is 1.37 bits per heavy atom. The van der Waals surface area contributed by atoms with Gasteiger partial charge in [0, 0.05) is 13.2 Å². The van der Waals surface area contributed by atoms with Crippen molar-refractivity contribution < 1.29 is 9.53 Å². The molecule has 2 rings (SSSR count). The Kier molecular flexibility index (Phi) is 6.57. The molecule has 3 nitrogen and oxygen atoms in total. The normalized spacial score (nSPS) is 17.6. The van der Waals surface area contributed by atoms with Gasteiger partial charge in [0.15, 0.2) is 0 Å². The van der Waals surface area contributed by atoms with Crippen molar-refractivity contribution >= 4 is 6.41 Å². The molecule has 0 N–H and O–H groups in total. The van der Waals surface area contributed by atoms with Crippen LogP contribution in [0.5, 0.6) is 0 Å². The fraction of sp³-hybridized carbons (Fsp3) is 0.562. The van der Waals surface area contributed by atoms with Crippen molar-refractivity contribution in [3.8, 4) is 0 Å². The van der Waals surface area contributed by atoms with Gasteiger partial charge in [-0.15, -0.1) is 0 Å². The van der Waals surface area contributed by atoms with E-state index in [0.29, 0.717) is 13.2 Å². The van der Waals surface area contributed by atoms with Crippen LogP contribution in [0.25, 0.3) is 0 Å². The van der Waals surface area contributed by atoms with Crippen LogP contribution in [-0.2, 0) is 16.1 Å².